The maximum atomic E-state index is 12.3. The molecule has 0 atom stereocenters. The van der Waals surface area contributed by atoms with Gasteiger partial charge in [0.15, 0.2) is 0 Å². The first-order valence-electron chi connectivity index (χ1n) is 7.00. The Balaban J connectivity index is 1.87. The number of nitrogens with zero attached hydrogens (tertiary/aromatic N) is 2. The van der Waals surface area contributed by atoms with Gasteiger partial charge < -0.3 is 9.80 Å². The number of halogens is 2. The maximum absolute atomic E-state index is 12.3. The van der Waals surface area contributed by atoms with Gasteiger partial charge >= 0.3 is 0 Å². The molecule has 0 saturated carbocycles. The highest BCUT2D eigenvalue weighted by atomic mass is 35.5. The van der Waals surface area contributed by atoms with Gasteiger partial charge in [-0.3, -0.25) is 9.59 Å². The lowest BCUT2D eigenvalue weighted by Crippen LogP contribution is -2.50. The van der Waals surface area contributed by atoms with Gasteiger partial charge in [-0.25, -0.2) is 0 Å². The van der Waals surface area contributed by atoms with Crippen molar-refractivity contribution in [1.29, 1.82) is 0 Å². The second kappa shape index (κ2) is 7.66. The van der Waals surface area contributed by atoms with E-state index in [9.17, 15) is 9.59 Å². The van der Waals surface area contributed by atoms with E-state index in [4.69, 9.17) is 23.2 Å². The zero-order valence-corrected chi connectivity index (χ0v) is 13.2. The number of hydrogen-bond donors (Lipinski definition) is 0. The molecule has 0 N–H and O–H groups in total. The third kappa shape index (κ3) is 4.35. The molecule has 4 nitrogen and oxygen atoms in total. The largest absolute Gasteiger partial charge is 0.339 e. The SMILES string of the molecule is O=C(CCCCl)N1CCN(C(=O)c2ccc(Cl)cc2)CC1. The molecule has 1 heterocycles. The van der Waals surface area contributed by atoms with Gasteiger partial charge in [-0.05, 0) is 30.7 Å². The number of benzene rings is 1. The van der Waals surface area contributed by atoms with Gasteiger partial charge in [0, 0.05) is 49.1 Å². The Morgan fingerprint density at radius 2 is 1.57 bits per heavy atom. The zero-order valence-electron chi connectivity index (χ0n) is 11.7. The van der Waals surface area contributed by atoms with E-state index in [1.165, 1.54) is 0 Å². The van der Waals surface area contributed by atoms with Crippen LogP contribution in [0.15, 0.2) is 24.3 Å². The minimum atomic E-state index is -0.0143. The van der Waals surface area contributed by atoms with Crippen LogP contribution in [0.4, 0.5) is 0 Å². The summed E-state index contributed by atoms with van der Waals surface area (Å²) in [4.78, 5) is 27.8. The summed E-state index contributed by atoms with van der Waals surface area (Å²) in [5, 5.41) is 0.612. The molecular formula is C15H18Cl2N2O2. The molecule has 1 aliphatic heterocycles. The molecule has 114 valence electrons. The van der Waals surface area contributed by atoms with Crippen molar-refractivity contribution in [3.8, 4) is 0 Å². The molecule has 0 spiro atoms. The number of hydrogen-bond acceptors (Lipinski definition) is 2. The van der Waals surface area contributed by atoms with Crippen molar-refractivity contribution in [2.75, 3.05) is 32.1 Å². The van der Waals surface area contributed by atoms with Crippen LogP contribution >= 0.6 is 23.2 Å². The van der Waals surface area contributed by atoms with Crippen LogP contribution < -0.4 is 0 Å². The van der Waals surface area contributed by atoms with Gasteiger partial charge in [-0.2, -0.15) is 0 Å². The van der Waals surface area contributed by atoms with E-state index in [0.29, 0.717) is 55.5 Å². The first kappa shape index (κ1) is 16.1. The van der Waals surface area contributed by atoms with E-state index in [-0.39, 0.29) is 11.8 Å². The minimum Gasteiger partial charge on any atom is -0.339 e. The Hall–Kier alpha value is -1.26. The number of alkyl halides is 1. The lowest BCUT2D eigenvalue weighted by atomic mass is 10.1. The average molecular weight is 329 g/mol. The van der Waals surface area contributed by atoms with Crippen LogP contribution in [-0.2, 0) is 4.79 Å². The Morgan fingerprint density at radius 1 is 1.00 bits per heavy atom. The molecule has 6 heteroatoms. The fraction of sp³-hybridized carbons (Fsp3) is 0.467. The monoisotopic (exact) mass is 328 g/mol. The molecule has 2 amide bonds. The summed E-state index contributed by atoms with van der Waals surface area (Å²) in [6, 6.07) is 6.87. The number of rotatable bonds is 4. The van der Waals surface area contributed by atoms with Crippen molar-refractivity contribution in [1.82, 2.24) is 9.80 Å². The fourth-order valence-electron chi connectivity index (χ4n) is 2.31. The lowest BCUT2D eigenvalue weighted by molar-refractivity contribution is -0.132. The van der Waals surface area contributed by atoms with E-state index in [1.807, 2.05) is 0 Å². The summed E-state index contributed by atoms with van der Waals surface area (Å²) < 4.78 is 0. The Labute approximate surface area is 134 Å². The van der Waals surface area contributed by atoms with Gasteiger partial charge in [0.2, 0.25) is 5.91 Å². The number of carbonyl (C=O) groups excluding carboxylic acids is 2. The quantitative estimate of drug-likeness (QED) is 0.797. The molecule has 0 radical (unpaired) electrons. The summed E-state index contributed by atoms with van der Waals surface area (Å²) in [6.07, 6.45) is 1.18. The zero-order chi connectivity index (χ0) is 15.2. The normalized spacial score (nSPS) is 15.1. The predicted octanol–water partition coefficient (Wildman–Crippen LogP) is 2.64. The molecule has 0 aromatic heterocycles. The molecule has 0 aliphatic carbocycles. The van der Waals surface area contributed by atoms with Crippen molar-refractivity contribution >= 4 is 35.0 Å². The van der Waals surface area contributed by atoms with E-state index in [0.717, 1.165) is 0 Å². The highest BCUT2D eigenvalue weighted by Crippen LogP contribution is 2.13. The van der Waals surface area contributed by atoms with Gasteiger partial charge in [0.25, 0.3) is 5.91 Å². The highest BCUT2D eigenvalue weighted by molar-refractivity contribution is 6.30. The van der Waals surface area contributed by atoms with Crippen LogP contribution in [-0.4, -0.2) is 53.7 Å². The Kier molecular flexibility index (Phi) is 5.88. The van der Waals surface area contributed by atoms with Gasteiger partial charge in [0.05, 0.1) is 0 Å². The van der Waals surface area contributed by atoms with Crippen LogP contribution in [0.2, 0.25) is 5.02 Å². The van der Waals surface area contributed by atoms with Crippen LogP contribution in [0, 0.1) is 0 Å². The summed E-state index contributed by atoms with van der Waals surface area (Å²) in [5.74, 6) is 0.606. The van der Waals surface area contributed by atoms with Gasteiger partial charge in [-0.15, -0.1) is 11.6 Å². The van der Waals surface area contributed by atoms with Crippen LogP contribution in [0.5, 0.6) is 0 Å². The molecule has 21 heavy (non-hydrogen) atoms. The Morgan fingerprint density at radius 3 is 2.14 bits per heavy atom. The third-order valence-electron chi connectivity index (χ3n) is 3.54. The first-order valence-corrected chi connectivity index (χ1v) is 7.91. The average Bonchev–Trinajstić information content (AvgIpc) is 2.53. The van der Waals surface area contributed by atoms with E-state index in [2.05, 4.69) is 0 Å². The molecule has 1 saturated heterocycles. The number of carbonyl (C=O) groups is 2. The van der Waals surface area contributed by atoms with Crippen LogP contribution in [0.25, 0.3) is 0 Å². The fourth-order valence-corrected chi connectivity index (χ4v) is 2.57. The second-order valence-corrected chi connectivity index (χ2v) is 5.79. The summed E-state index contributed by atoms with van der Waals surface area (Å²) in [5.41, 5.74) is 0.626. The van der Waals surface area contributed by atoms with Crippen molar-refractivity contribution in [3.05, 3.63) is 34.9 Å². The second-order valence-electron chi connectivity index (χ2n) is 4.97. The van der Waals surface area contributed by atoms with Crippen LogP contribution in [0.3, 0.4) is 0 Å². The van der Waals surface area contributed by atoms with Crippen molar-refractivity contribution < 1.29 is 9.59 Å². The van der Waals surface area contributed by atoms with Crippen molar-refractivity contribution in [3.63, 3.8) is 0 Å². The van der Waals surface area contributed by atoms with Crippen LogP contribution in [0.1, 0.15) is 23.2 Å². The predicted molar refractivity (Wildman–Crippen MR) is 83.9 cm³/mol. The molecule has 1 aromatic rings. The third-order valence-corrected chi connectivity index (χ3v) is 4.05. The standard InChI is InChI=1S/C15H18Cl2N2O2/c16-7-1-2-14(20)18-8-10-19(11-9-18)15(21)12-3-5-13(17)6-4-12/h3-6H,1-2,7-11H2. The van der Waals surface area contributed by atoms with E-state index < -0.39 is 0 Å². The topological polar surface area (TPSA) is 40.6 Å². The lowest BCUT2D eigenvalue weighted by Gasteiger charge is -2.35. The van der Waals surface area contributed by atoms with Crippen molar-refractivity contribution in [2.45, 2.75) is 12.8 Å². The highest BCUT2D eigenvalue weighted by Gasteiger charge is 2.24. The first-order chi connectivity index (χ1) is 10.1. The summed E-state index contributed by atoms with van der Waals surface area (Å²) >= 11 is 11.4. The van der Waals surface area contributed by atoms with Gasteiger partial charge in [-0.1, -0.05) is 11.6 Å². The molecule has 0 unspecified atom stereocenters. The maximum Gasteiger partial charge on any atom is 0.253 e. The number of amides is 2. The summed E-state index contributed by atoms with van der Waals surface area (Å²) in [7, 11) is 0. The molecular weight excluding hydrogens is 311 g/mol. The molecule has 1 fully saturated rings. The molecule has 1 aliphatic rings. The summed E-state index contributed by atoms with van der Waals surface area (Å²) in [6.45, 7) is 2.29. The van der Waals surface area contributed by atoms with Gasteiger partial charge in [0.1, 0.15) is 0 Å². The molecule has 1 aromatic carbocycles. The molecule has 2 rings (SSSR count). The smallest absolute Gasteiger partial charge is 0.253 e. The minimum absolute atomic E-state index is 0.0143. The van der Waals surface area contributed by atoms with E-state index in [1.54, 1.807) is 34.1 Å². The Bertz CT molecular complexity index is 497. The molecule has 0 bridgehead atoms. The number of piperazine rings is 1. The van der Waals surface area contributed by atoms with Crippen molar-refractivity contribution in [2.24, 2.45) is 0 Å². The van der Waals surface area contributed by atoms with E-state index >= 15 is 0 Å².